The molecular formula is C17H21N3O2S. The minimum Gasteiger partial charge on any atom is -0.372 e. The van der Waals surface area contributed by atoms with Crippen LogP contribution in [-0.4, -0.2) is 23.6 Å². The molecule has 0 bridgehead atoms. The van der Waals surface area contributed by atoms with Crippen molar-refractivity contribution in [2.45, 2.75) is 32.7 Å². The van der Waals surface area contributed by atoms with Crippen molar-refractivity contribution >= 4 is 28.6 Å². The number of nitrogens with zero attached hydrogens (tertiary/aromatic N) is 2. The van der Waals surface area contributed by atoms with Crippen LogP contribution in [-0.2, 0) is 11.3 Å². The van der Waals surface area contributed by atoms with Crippen LogP contribution in [0.4, 0.5) is 11.4 Å². The van der Waals surface area contributed by atoms with Crippen LogP contribution in [0, 0.1) is 6.92 Å². The Labute approximate surface area is 139 Å². The summed E-state index contributed by atoms with van der Waals surface area (Å²) in [5, 5.41) is 4.62. The van der Waals surface area contributed by atoms with E-state index in [-0.39, 0.29) is 17.3 Å². The number of piperidine rings is 1. The zero-order valence-electron chi connectivity index (χ0n) is 13.2. The van der Waals surface area contributed by atoms with Crippen LogP contribution in [0.25, 0.3) is 0 Å². The first-order chi connectivity index (χ1) is 11.1. The predicted molar refractivity (Wildman–Crippen MR) is 94.5 cm³/mol. The molecule has 0 unspecified atom stereocenters. The van der Waals surface area contributed by atoms with E-state index in [9.17, 15) is 9.59 Å². The number of amides is 1. The highest BCUT2D eigenvalue weighted by Crippen LogP contribution is 2.21. The molecule has 0 saturated carbocycles. The Bertz CT molecular complexity index is 727. The average molecular weight is 331 g/mol. The van der Waals surface area contributed by atoms with Gasteiger partial charge < -0.3 is 10.2 Å². The van der Waals surface area contributed by atoms with Gasteiger partial charge in [0.05, 0.1) is 0 Å². The van der Waals surface area contributed by atoms with Gasteiger partial charge in [0.25, 0.3) is 0 Å². The third-order valence-electron chi connectivity index (χ3n) is 4.15. The zero-order chi connectivity index (χ0) is 16.2. The first-order valence-corrected chi connectivity index (χ1v) is 8.81. The quantitative estimate of drug-likeness (QED) is 0.937. The highest BCUT2D eigenvalue weighted by molar-refractivity contribution is 7.07. The predicted octanol–water partition coefficient (Wildman–Crippen LogP) is 2.85. The van der Waals surface area contributed by atoms with Crippen molar-refractivity contribution < 1.29 is 4.79 Å². The third kappa shape index (κ3) is 3.82. The Morgan fingerprint density at radius 2 is 1.87 bits per heavy atom. The number of hydrogen-bond donors (Lipinski definition) is 1. The summed E-state index contributed by atoms with van der Waals surface area (Å²) < 4.78 is 1.49. The van der Waals surface area contributed by atoms with E-state index in [1.807, 2.05) is 31.2 Å². The van der Waals surface area contributed by atoms with Gasteiger partial charge in [0, 0.05) is 35.5 Å². The second-order valence-electron chi connectivity index (χ2n) is 5.87. The molecule has 0 atom stereocenters. The van der Waals surface area contributed by atoms with Gasteiger partial charge >= 0.3 is 4.87 Å². The van der Waals surface area contributed by atoms with Crippen LogP contribution in [0.5, 0.6) is 0 Å². The molecule has 6 heteroatoms. The number of hydrogen-bond acceptors (Lipinski definition) is 4. The second-order valence-corrected chi connectivity index (χ2v) is 6.69. The molecule has 0 radical (unpaired) electrons. The number of thiazole rings is 1. The summed E-state index contributed by atoms with van der Waals surface area (Å²) in [7, 11) is 0. The molecule has 2 heterocycles. The number of aromatic nitrogens is 1. The second kappa shape index (κ2) is 7.00. The molecule has 2 aromatic rings. The maximum absolute atomic E-state index is 12.1. The van der Waals surface area contributed by atoms with Crippen LogP contribution in [0.1, 0.15) is 25.0 Å². The van der Waals surface area contributed by atoms with E-state index in [0.29, 0.717) is 0 Å². The van der Waals surface area contributed by atoms with E-state index in [2.05, 4.69) is 10.2 Å². The average Bonchev–Trinajstić information content (AvgIpc) is 2.88. The van der Waals surface area contributed by atoms with Crippen molar-refractivity contribution in [3.63, 3.8) is 0 Å². The normalized spacial score (nSPS) is 14.7. The van der Waals surface area contributed by atoms with Crippen LogP contribution in [0.15, 0.2) is 34.4 Å². The van der Waals surface area contributed by atoms with E-state index in [4.69, 9.17) is 0 Å². The van der Waals surface area contributed by atoms with Crippen molar-refractivity contribution in [3.05, 3.63) is 45.0 Å². The highest BCUT2D eigenvalue weighted by Gasteiger charge is 2.12. The monoisotopic (exact) mass is 331 g/mol. The van der Waals surface area contributed by atoms with Gasteiger partial charge in [0.1, 0.15) is 6.54 Å². The van der Waals surface area contributed by atoms with Gasteiger partial charge in [-0.15, -0.1) is 0 Å². The smallest absolute Gasteiger partial charge is 0.307 e. The molecule has 1 N–H and O–H groups in total. The van der Waals surface area contributed by atoms with E-state index >= 15 is 0 Å². The number of nitrogens with one attached hydrogen (secondary N) is 1. The van der Waals surface area contributed by atoms with E-state index < -0.39 is 0 Å². The number of anilines is 2. The summed E-state index contributed by atoms with van der Waals surface area (Å²) in [6, 6.07) is 7.93. The standard InChI is InChI=1S/C17H21N3O2S/c1-13-12-23-17(22)20(13)11-16(21)18-14-5-7-15(8-6-14)19-9-3-2-4-10-19/h5-8,12H,2-4,9-11H2,1H3,(H,18,21). The maximum Gasteiger partial charge on any atom is 0.307 e. The summed E-state index contributed by atoms with van der Waals surface area (Å²) in [5.74, 6) is -0.181. The number of aryl methyl sites for hydroxylation is 1. The maximum atomic E-state index is 12.1. The van der Waals surface area contributed by atoms with Crippen LogP contribution < -0.4 is 15.1 Å². The molecule has 1 amide bonds. The molecule has 5 nitrogen and oxygen atoms in total. The Hall–Kier alpha value is -2.08. The van der Waals surface area contributed by atoms with Gasteiger partial charge in [-0.05, 0) is 50.5 Å². The molecule has 0 aliphatic carbocycles. The van der Waals surface area contributed by atoms with Gasteiger partial charge in [-0.2, -0.15) is 0 Å². The number of benzene rings is 1. The summed E-state index contributed by atoms with van der Waals surface area (Å²) in [6.07, 6.45) is 3.80. The molecule has 3 rings (SSSR count). The van der Waals surface area contributed by atoms with Crippen molar-refractivity contribution in [1.29, 1.82) is 0 Å². The molecule has 1 fully saturated rings. The van der Waals surface area contributed by atoms with Crippen molar-refractivity contribution in [1.82, 2.24) is 4.57 Å². The number of carbonyl (C=O) groups excluding carboxylic acids is 1. The summed E-state index contributed by atoms with van der Waals surface area (Å²) in [5.41, 5.74) is 2.78. The van der Waals surface area contributed by atoms with E-state index in [0.717, 1.165) is 35.8 Å². The molecule has 1 aliphatic rings. The molecule has 1 aromatic carbocycles. The highest BCUT2D eigenvalue weighted by atomic mass is 32.1. The Morgan fingerprint density at radius 3 is 2.48 bits per heavy atom. The fourth-order valence-corrected chi connectivity index (χ4v) is 3.58. The van der Waals surface area contributed by atoms with Gasteiger partial charge in [0.2, 0.25) is 5.91 Å². The molecule has 1 aliphatic heterocycles. The minimum atomic E-state index is -0.181. The van der Waals surface area contributed by atoms with E-state index in [1.54, 1.807) is 5.38 Å². The molecule has 23 heavy (non-hydrogen) atoms. The molecule has 1 saturated heterocycles. The van der Waals surface area contributed by atoms with Gasteiger partial charge in [-0.1, -0.05) is 11.3 Å². The van der Waals surface area contributed by atoms with E-state index in [1.165, 1.54) is 29.5 Å². The minimum absolute atomic E-state index is 0.0576. The lowest BCUT2D eigenvalue weighted by molar-refractivity contribution is -0.116. The van der Waals surface area contributed by atoms with Gasteiger partial charge in [0.15, 0.2) is 0 Å². The number of rotatable bonds is 4. The Morgan fingerprint density at radius 1 is 1.17 bits per heavy atom. The fraction of sp³-hybridized carbons (Fsp3) is 0.412. The van der Waals surface area contributed by atoms with Crippen molar-refractivity contribution in [3.8, 4) is 0 Å². The third-order valence-corrected chi connectivity index (χ3v) is 5.03. The SMILES string of the molecule is Cc1csc(=O)n1CC(=O)Nc1ccc(N2CCCCC2)cc1. The molecule has 122 valence electrons. The molecule has 0 spiro atoms. The number of carbonyl (C=O) groups is 1. The topological polar surface area (TPSA) is 54.3 Å². The van der Waals surface area contributed by atoms with Crippen LogP contribution in [0.2, 0.25) is 0 Å². The fourth-order valence-electron chi connectivity index (χ4n) is 2.85. The summed E-state index contributed by atoms with van der Waals surface area (Å²) in [6.45, 7) is 4.10. The lowest BCUT2D eigenvalue weighted by atomic mass is 10.1. The molecular weight excluding hydrogens is 310 g/mol. The van der Waals surface area contributed by atoms with Crippen LogP contribution in [0.3, 0.4) is 0 Å². The first kappa shape index (κ1) is 15.8. The zero-order valence-corrected chi connectivity index (χ0v) is 14.1. The van der Waals surface area contributed by atoms with Crippen molar-refractivity contribution in [2.75, 3.05) is 23.3 Å². The Balaban J connectivity index is 1.61. The summed E-state index contributed by atoms with van der Waals surface area (Å²) in [4.78, 5) is 26.0. The summed E-state index contributed by atoms with van der Waals surface area (Å²) >= 11 is 1.12. The first-order valence-electron chi connectivity index (χ1n) is 7.93. The van der Waals surface area contributed by atoms with Crippen molar-refractivity contribution in [2.24, 2.45) is 0 Å². The molecule has 1 aromatic heterocycles. The van der Waals surface area contributed by atoms with Gasteiger partial charge in [-0.3, -0.25) is 14.2 Å². The van der Waals surface area contributed by atoms with Crippen LogP contribution >= 0.6 is 11.3 Å². The lowest BCUT2D eigenvalue weighted by Gasteiger charge is -2.28. The Kier molecular flexibility index (Phi) is 4.81. The largest absolute Gasteiger partial charge is 0.372 e. The lowest BCUT2D eigenvalue weighted by Crippen LogP contribution is -2.29. The van der Waals surface area contributed by atoms with Gasteiger partial charge in [-0.25, -0.2) is 0 Å².